The zero-order valence-corrected chi connectivity index (χ0v) is 21.9. The van der Waals surface area contributed by atoms with E-state index in [1.165, 1.54) is 16.7 Å². The Bertz CT molecular complexity index is 1330. The highest BCUT2D eigenvalue weighted by molar-refractivity contribution is 6.32. The zero-order valence-electron chi connectivity index (χ0n) is 21.9. The number of hydrogen-bond donors (Lipinski definition) is 0. The Balaban J connectivity index is 2.01. The predicted octanol–water partition coefficient (Wildman–Crippen LogP) is 7.48. The van der Waals surface area contributed by atoms with E-state index in [1.807, 2.05) is 36.4 Å². The summed E-state index contributed by atoms with van der Waals surface area (Å²) in [5.41, 5.74) is 9.44. The van der Waals surface area contributed by atoms with Crippen LogP contribution in [0.2, 0.25) is 0 Å². The van der Waals surface area contributed by atoms with Crippen LogP contribution in [-0.4, -0.2) is 19.9 Å². The highest BCUT2D eigenvalue weighted by atomic mass is 16.5. The molecular weight excluding hydrogens is 425 g/mol. The first kappa shape index (κ1) is 24.8. The van der Waals surface area contributed by atoms with Crippen molar-refractivity contribution >= 4 is 13.3 Å². The molecule has 3 heteroatoms. The molecule has 0 aliphatic rings. The molecule has 0 fully saturated rings. The highest BCUT2D eigenvalue weighted by Gasteiger charge is 2.22. The van der Waals surface area contributed by atoms with Crippen LogP contribution in [0.25, 0.3) is 33.6 Å². The molecule has 0 N–H and O–H groups in total. The van der Waals surface area contributed by atoms with E-state index >= 15 is 0 Å². The normalized spacial score (nSPS) is 12.0. The van der Waals surface area contributed by atoms with Crippen molar-refractivity contribution in [1.29, 1.82) is 0 Å². The number of aromatic nitrogens is 1. The second kappa shape index (κ2) is 9.38. The molecule has 4 aromatic rings. The monoisotopic (exact) mass is 459 g/mol. The number of hydrogen-bond acceptors (Lipinski definition) is 2. The van der Waals surface area contributed by atoms with Crippen molar-refractivity contribution in [2.24, 2.45) is 0 Å². The zero-order chi connectivity index (χ0) is 25.4. The molecule has 0 bridgehead atoms. The molecule has 0 unspecified atom stereocenters. The summed E-state index contributed by atoms with van der Waals surface area (Å²) >= 11 is 0. The number of nitrogens with zero attached hydrogens (tertiary/aromatic N) is 1. The van der Waals surface area contributed by atoms with Gasteiger partial charge in [0.05, 0.1) is 18.5 Å². The number of rotatable bonds is 4. The van der Waals surface area contributed by atoms with Crippen molar-refractivity contribution < 1.29 is 4.74 Å². The highest BCUT2D eigenvalue weighted by Crippen LogP contribution is 2.37. The summed E-state index contributed by atoms with van der Waals surface area (Å²) in [6.07, 6.45) is 0. The van der Waals surface area contributed by atoms with Crippen molar-refractivity contribution in [2.45, 2.75) is 52.4 Å². The first-order valence-electron chi connectivity index (χ1n) is 12.1. The van der Waals surface area contributed by atoms with E-state index in [0.29, 0.717) is 0 Å². The minimum absolute atomic E-state index is 0.0330. The first-order chi connectivity index (χ1) is 16.5. The lowest BCUT2D eigenvalue weighted by molar-refractivity contribution is 0.416. The van der Waals surface area contributed by atoms with Crippen molar-refractivity contribution in [3.05, 3.63) is 90.0 Å². The van der Waals surface area contributed by atoms with Crippen LogP contribution in [0.5, 0.6) is 5.75 Å². The van der Waals surface area contributed by atoms with Crippen LogP contribution in [0, 0.1) is 0 Å². The minimum atomic E-state index is 0.0330. The van der Waals surface area contributed by atoms with Gasteiger partial charge in [0.25, 0.3) is 0 Å². The molecule has 0 saturated heterocycles. The Morgan fingerprint density at radius 3 is 1.83 bits per heavy atom. The maximum atomic E-state index is 6.13. The SMILES string of the molecule is [B]c1cccc(-c2cc(-c3cc(C(C)(C)C)cc(C(C)(C)C)c3)cc(-c3ccccc3OC)n2)c1. The van der Waals surface area contributed by atoms with E-state index in [1.54, 1.807) is 7.11 Å². The molecule has 1 aromatic heterocycles. The molecule has 4 rings (SSSR count). The van der Waals surface area contributed by atoms with Crippen molar-refractivity contribution in [2.75, 3.05) is 7.11 Å². The van der Waals surface area contributed by atoms with Crippen molar-refractivity contribution in [3.63, 3.8) is 0 Å². The van der Waals surface area contributed by atoms with Gasteiger partial charge in [-0.15, -0.1) is 0 Å². The third-order valence-electron chi connectivity index (χ3n) is 6.39. The number of pyridine rings is 1. The Morgan fingerprint density at radius 2 is 1.23 bits per heavy atom. The van der Waals surface area contributed by atoms with E-state index in [0.717, 1.165) is 39.3 Å². The second-order valence-corrected chi connectivity index (χ2v) is 11.3. The lowest BCUT2D eigenvalue weighted by atomic mass is 9.79. The average molecular weight is 459 g/mol. The van der Waals surface area contributed by atoms with Gasteiger partial charge in [0, 0.05) is 5.56 Å². The Hall–Kier alpha value is -3.33. The molecule has 0 amide bonds. The third kappa shape index (κ3) is 5.51. The molecule has 2 nitrogen and oxygen atoms in total. The van der Waals surface area contributed by atoms with E-state index < -0.39 is 0 Å². The molecule has 176 valence electrons. The molecular formula is C32H34BNO. The van der Waals surface area contributed by atoms with Crippen LogP contribution in [-0.2, 0) is 10.8 Å². The quantitative estimate of drug-likeness (QED) is 0.295. The summed E-state index contributed by atoms with van der Waals surface area (Å²) in [4.78, 5) is 5.06. The van der Waals surface area contributed by atoms with Crippen LogP contribution in [0.15, 0.2) is 78.9 Å². The van der Waals surface area contributed by atoms with E-state index in [2.05, 4.69) is 84.0 Å². The van der Waals surface area contributed by atoms with Gasteiger partial charge in [0.15, 0.2) is 0 Å². The minimum Gasteiger partial charge on any atom is -0.496 e. The Kier molecular flexibility index (Phi) is 6.64. The number of para-hydroxylation sites is 1. The topological polar surface area (TPSA) is 22.1 Å². The summed E-state index contributed by atoms with van der Waals surface area (Å²) in [5.74, 6) is 0.800. The number of methoxy groups -OCH3 is 1. The average Bonchev–Trinajstić information content (AvgIpc) is 2.82. The van der Waals surface area contributed by atoms with E-state index in [4.69, 9.17) is 17.6 Å². The maximum Gasteiger partial charge on any atom is 0.128 e. The fourth-order valence-corrected chi connectivity index (χ4v) is 4.20. The standard InChI is InChI=1S/C32H34BNO/c1-31(2,3)24-15-22(16-25(20-24)32(4,5)6)23-18-28(21-11-10-12-26(33)17-21)34-29(19-23)27-13-8-9-14-30(27)35-7/h8-20H,1-7H3. The second-order valence-electron chi connectivity index (χ2n) is 11.3. The molecule has 0 atom stereocenters. The fourth-order valence-electron chi connectivity index (χ4n) is 4.20. The van der Waals surface area contributed by atoms with Gasteiger partial charge in [-0.1, -0.05) is 102 Å². The molecule has 35 heavy (non-hydrogen) atoms. The molecule has 0 saturated carbocycles. The maximum absolute atomic E-state index is 6.13. The van der Waals surface area contributed by atoms with Crippen LogP contribution in [0.1, 0.15) is 52.7 Å². The molecule has 0 aliphatic heterocycles. The molecule has 0 spiro atoms. The number of benzene rings is 3. The van der Waals surface area contributed by atoms with Crippen LogP contribution < -0.4 is 10.2 Å². The Labute approximate surface area is 211 Å². The summed E-state index contributed by atoms with van der Waals surface area (Å²) in [6, 6.07) is 27.3. The Morgan fingerprint density at radius 1 is 0.629 bits per heavy atom. The fraction of sp³-hybridized carbons (Fsp3) is 0.281. The molecule has 2 radical (unpaired) electrons. The lowest BCUT2D eigenvalue weighted by Crippen LogP contribution is -2.16. The van der Waals surface area contributed by atoms with Crippen LogP contribution in [0.4, 0.5) is 0 Å². The van der Waals surface area contributed by atoms with Crippen molar-refractivity contribution in [3.8, 4) is 39.4 Å². The number of ether oxygens (including phenoxy) is 1. The van der Waals surface area contributed by atoms with E-state index in [-0.39, 0.29) is 10.8 Å². The van der Waals surface area contributed by atoms with Gasteiger partial charge in [-0.05, 0) is 62.9 Å². The van der Waals surface area contributed by atoms with Gasteiger partial charge in [-0.2, -0.15) is 0 Å². The first-order valence-corrected chi connectivity index (χ1v) is 12.1. The molecule has 0 aliphatic carbocycles. The lowest BCUT2D eigenvalue weighted by Gasteiger charge is -2.26. The molecule has 1 heterocycles. The van der Waals surface area contributed by atoms with Gasteiger partial charge in [-0.3, -0.25) is 0 Å². The van der Waals surface area contributed by atoms with Gasteiger partial charge >= 0.3 is 0 Å². The smallest absolute Gasteiger partial charge is 0.128 e. The molecule has 3 aromatic carbocycles. The van der Waals surface area contributed by atoms with E-state index in [9.17, 15) is 0 Å². The van der Waals surface area contributed by atoms with Gasteiger partial charge in [0.2, 0.25) is 0 Å². The summed E-state index contributed by atoms with van der Waals surface area (Å²) in [6.45, 7) is 13.6. The van der Waals surface area contributed by atoms with Gasteiger partial charge in [0.1, 0.15) is 13.6 Å². The summed E-state index contributed by atoms with van der Waals surface area (Å²) < 4.78 is 5.68. The van der Waals surface area contributed by atoms with Crippen LogP contribution in [0.3, 0.4) is 0 Å². The summed E-state index contributed by atoms with van der Waals surface area (Å²) in [5, 5.41) is 0. The van der Waals surface area contributed by atoms with Gasteiger partial charge < -0.3 is 4.74 Å². The third-order valence-corrected chi connectivity index (χ3v) is 6.39. The summed E-state index contributed by atoms with van der Waals surface area (Å²) in [7, 11) is 7.83. The van der Waals surface area contributed by atoms with Crippen molar-refractivity contribution in [1.82, 2.24) is 4.98 Å². The largest absolute Gasteiger partial charge is 0.496 e. The van der Waals surface area contributed by atoms with Crippen LogP contribution >= 0.6 is 0 Å². The predicted molar refractivity (Wildman–Crippen MR) is 150 cm³/mol. The van der Waals surface area contributed by atoms with Gasteiger partial charge in [-0.25, -0.2) is 4.98 Å².